The highest BCUT2D eigenvalue weighted by molar-refractivity contribution is 9.11. The minimum absolute atomic E-state index is 0.779. The molecule has 0 radical (unpaired) electrons. The fourth-order valence-electron chi connectivity index (χ4n) is 1.07. The molecule has 1 aromatic heterocycles. The van der Waals surface area contributed by atoms with Crippen LogP contribution in [-0.2, 0) is 0 Å². The van der Waals surface area contributed by atoms with E-state index < -0.39 is 0 Å². The Labute approximate surface area is 90.8 Å². The molecule has 1 nitrogen and oxygen atoms in total. The summed E-state index contributed by atoms with van der Waals surface area (Å²) in [6, 6.07) is 3.94. The van der Waals surface area contributed by atoms with Crippen molar-refractivity contribution in [1.82, 2.24) is 0 Å². The number of nitrogen functional groups attached to an aromatic ring is 1. The predicted molar refractivity (Wildman–Crippen MR) is 61.6 cm³/mol. The normalized spacial score (nSPS) is 10.8. The van der Waals surface area contributed by atoms with Crippen LogP contribution < -0.4 is 5.73 Å². The van der Waals surface area contributed by atoms with Gasteiger partial charge in [-0.25, -0.2) is 0 Å². The third-order valence-corrected chi connectivity index (χ3v) is 4.39. The van der Waals surface area contributed by atoms with Gasteiger partial charge in [-0.1, -0.05) is 0 Å². The van der Waals surface area contributed by atoms with Crippen molar-refractivity contribution in [3.8, 4) is 0 Å². The Hall–Kier alpha value is -0.0600. The first-order valence-corrected chi connectivity index (χ1v) is 5.77. The number of halogens is 2. The van der Waals surface area contributed by atoms with Crippen LogP contribution in [0.5, 0.6) is 0 Å². The van der Waals surface area contributed by atoms with Crippen molar-refractivity contribution in [2.24, 2.45) is 0 Å². The third kappa shape index (κ3) is 1.18. The second-order valence-electron chi connectivity index (χ2n) is 2.43. The van der Waals surface area contributed by atoms with E-state index in [0.29, 0.717) is 0 Å². The summed E-state index contributed by atoms with van der Waals surface area (Å²) in [7, 11) is 0. The van der Waals surface area contributed by atoms with E-state index in [1.807, 2.05) is 12.1 Å². The Bertz CT molecular complexity index is 436. The van der Waals surface area contributed by atoms with Gasteiger partial charge in [0.05, 0.1) is 4.47 Å². The Kier molecular flexibility index (Phi) is 2.14. The van der Waals surface area contributed by atoms with Gasteiger partial charge in [-0.05, 0) is 44.0 Å². The van der Waals surface area contributed by atoms with Gasteiger partial charge in [0.2, 0.25) is 0 Å². The molecule has 0 spiro atoms. The monoisotopic (exact) mass is 305 g/mol. The summed E-state index contributed by atoms with van der Waals surface area (Å²) in [5, 5.41) is 3.23. The number of hydrogen-bond donors (Lipinski definition) is 1. The largest absolute Gasteiger partial charge is 0.398 e. The second kappa shape index (κ2) is 3.01. The van der Waals surface area contributed by atoms with Crippen LogP contribution in [0.3, 0.4) is 0 Å². The van der Waals surface area contributed by atoms with Gasteiger partial charge in [0.15, 0.2) is 0 Å². The Morgan fingerprint density at radius 1 is 1.25 bits per heavy atom. The lowest BCUT2D eigenvalue weighted by molar-refractivity contribution is 1.72. The van der Waals surface area contributed by atoms with Gasteiger partial charge < -0.3 is 5.73 Å². The van der Waals surface area contributed by atoms with Crippen molar-refractivity contribution in [3.05, 3.63) is 26.5 Å². The molecule has 62 valence electrons. The molecule has 0 aliphatic carbocycles. The average molecular weight is 307 g/mol. The molecular weight excluding hydrogens is 302 g/mol. The number of nitrogens with two attached hydrogens (primary N) is 1. The summed E-state index contributed by atoms with van der Waals surface area (Å²) in [5.41, 5.74) is 6.53. The van der Waals surface area contributed by atoms with Gasteiger partial charge in [0.1, 0.15) is 0 Å². The highest BCUT2D eigenvalue weighted by atomic mass is 79.9. The summed E-state index contributed by atoms with van der Waals surface area (Å²) in [6.07, 6.45) is 0. The molecule has 0 saturated carbocycles. The van der Waals surface area contributed by atoms with Crippen LogP contribution in [0.15, 0.2) is 26.5 Å². The topological polar surface area (TPSA) is 26.0 Å². The summed E-state index contributed by atoms with van der Waals surface area (Å²) < 4.78 is 3.32. The number of benzene rings is 1. The van der Waals surface area contributed by atoms with Crippen LogP contribution in [0.2, 0.25) is 0 Å². The first-order chi connectivity index (χ1) is 5.70. The molecule has 0 bridgehead atoms. The quantitative estimate of drug-likeness (QED) is 0.731. The minimum atomic E-state index is 0.779. The van der Waals surface area contributed by atoms with Crippen LogP contribution in [0.25, 0.3) is 10.1 Å². The van der Waals surface area contributed by atoms with Crippen molar-refractivity contribution in [1.29, 1.82) is 0 Å². The lowest BCUT2D eigenvalue weighted by atomic mass is 10.2. The standard InChI is InChI=1S/C8H5Br2NS/c9-4-3-12-6-2-1-5(11)8(10)7(4)6/h1-3H,11H2. The van der Waals surface area contributed by atoms with E-state index in [0.717, 1.165) is 14.6 Å². The number of thiophene rings is 1. The van der Waals surface area contributed by atoms with E-state index in [1.54, 1.807) is 11.3 Å². The zero-order valence-corrected chi connectivity index (χ0v) is 9.96. The molecule has 0 fully saturated rings. The highest BCUT2D eigenvalue weighted by Gasteiger charge is 2.07. The maximum absolute atomic E-state index is 5.75. The molecule has 0 aliphatic rings. The summed E-state index contributed by atoms with van der Waals surface area (Å²) in [6.45, 7) is 0. The molecule has 0 saturated heterocycles. The zero-order valence-electron chi connectivity index (χ0n) is 5.97. The molecule has 0 aliphatic heterocycles. The molecule has 1 aromatic carbocycles. The molecule has 0 amide bonds. The van der Waals surface area contributed by atoms with Gasteiger partial charge in [-0.2, -0.15) is 0 Å². The maximum Gasteiger partial charge on any atom is 0.0503 e. The van der Waals surface area contributed by atoms with E-state index in [9.17, 15) is 0 Å². The number of rotatable bonds is 0. The van der Waals surface area contributed by atoms with Crippen molar-refractivity contribution < 1.29 is 0 Å². The molecule has 4 heteroatoms. The van der Waals surface area contributed by atoms with Crippen molar-refractivity contribution in [2.75, 3.05) is 5.73 Å². The zero-order chi connectivity index (χ0) is 8.72. The molecule has 2 N–H and O–H groups in total. The number of hydrogen-bond acceptors (Lipinski definition) is 2. The highest BCUT2D eigenvalue weighted by Crippen LogP contribution is 2.38. The third-order valence-electron chi connectivity index (χ3n) is 1.66. The number of fused-ring (bicyclic) bond motifs is 1. The van der Waals surface area contributed by atoms with Gasteiger partial charge in [0, 0.05) is 25.6 Å². The molecule has 1 heterocycles. The van der Waals surface area contributed by atoms with Gasteiger partial charge in [-0.3, -0.25) is 0 Å². The smallest absolute Gasteiger partial charge is 0.0503 e. The number of anilines is 1. The van der Waals surface area contributed by atoms with Gasteiger partial charge in [-0.15, -0.1) is 11.3 Å². The SMILES string of the molecule is Nc1ccc2scc(Br)c2c1Br. The first kappa shape index (κ1) is 8.53. The first-order valence-electron chi connectivity index (χ1n) is 3.31. The molecule has 2 aromatic rings. The van der Waals surface area contributed by atoms with Crippen LogP contribution in [-0.4, -0.2) is 0 Å². The van der Waals surface area contributed by atoms with Crippen LogP contribution in [0.4, 0.5) is 5.69 Å². The Morgan fingerprint density at radius 3 is 2.75 bits per heavy atom. The van der Waals surface area contributed by atoms with Crippen molar-refractivity contribution in [3.63, 3.8) is 0 Å². The average Bonchev–Trinajstić information content (AvgIpc) is 2.41. The van der Waals surface area contributed by atoms with E-state index in [-0.39, 0.29) is 0 Å². The van der Waals surface area contributed by atoms with E-state index >= 15 is 0 Å². The van der Waals surface area contributed by atoms with Gasteiger partial charge in [0.25, 0.3) is 0 Å². The van der Waals surface area contributed by atoms with Crippen LogP contribution in [0, 0.1) is 0 Å². The van der Waals surface area contributed by atoms with E-state index in [1.165, 1.54) is 10.1 Å². The summed E-state index contributed by atoms with van der Waals surface area (Å²) in [4.78, 5) is 0. The fraction of sp³-hybridized carbons (Fsp3) is 0. The molecule has 12 heavy (non-hydrogen) atoms. The van der Waals surface area contributed by atoms with E-state index in [4.69, 9.17) is 5.73 Å². The summed E-state index contributed by atoms with van der Waals surface area (Å²) in [5.74, 6) is 0. The maximum atomic E-state index is 5.75. The van der Waals surface area contributed by atoms with Crippen LogP contribution in [0.1, 0.15) is 0 Å². The van der Waals surface area contributed by atoms with Crippen molar-refractivity contribution >= 4 is 59.0 Å². The van der Waals surface area contributed by atoms with Gasteiger partial charge >= 0.3 is 0 Å². The molecular formula is C8H5Br2NS. The summed E-state index contributed by atoms with van der Waals surface area (Å²) >= 11 is 8.64. The van der Waals surface area contributed by atoms with E-state index in [2.05, 4.69) is 37.2 Å². The lowest BCUT2D eigenvalue weighted by Crippen LogP contribution is -1.85. The van der Waals surface area contributed by atoms with Crippen LogP contribution >= 0.6 is 43.2 Å². The minimum Gasteiger partial charge on any atom is -0.398 e. The predicted octanol–water partition coefficient (Wildman–Crippen LogP) is 4.01. The van der Waals surface area contributed by atoms with Crippen molar-refractivity contribution in [2.45, 2.75) is 0 Å². The fourth-order valence-corrected chi connectivity index (χ4v) is 3.67. The Balaban J connectivity index is 2.96. The molecule has 0 atom stereocenters. The lowest BCUT2D eigenvalue weighted by Gasteiger charge is -1.99. The molecule has 0 unspecified atom stereocenters. The Morgan fingerprint density at radius 2 is 2.00 bits per heavy atom. The molecule has 2 rings (SSSR count). The second-order valence-corrected chi connectivity index (χ2v) is 4.98.